The highest BCUT2D eigenvalue weighted by molar-refractivity contribution is 6.06. The smallest absolute Gasteiger partial charge is 0.315 e. The van der Waals surface area contributed by atoms with Gasteiger partial charge in [-0.1, -0.05) is 12.1 Å². The molecule has 5 rings (SSSR count). The number of carbonyl (C=O) groups is 1. The number of carbonyl (C=O) groups excluding carboxylic acids is 1. The number of benzene rings is 2. The summed E-state index contributed by atoms with van der Waals surface area (Å²) in [4.78, 5) is 22.7. The number of primary amides is 1. The Balaban J connectivity index is 1.52. The van der Waals surface area contributed by atoms with Gasteiger partial charge in [-0.3, -0.25) is 0 Å². The Morgan fingerprint density at radius 2 is 1.58 bits per heavy atom. The summed E-state index contributed by atoms with van der Waals surface area (Å²) in [5.74, 6) is 2.98. The van der Waals surface area contributed by atoms with Crippen LogP contribution in [0.2, 0.25) is 0 Å². The van der Waals surface area contributed by atoms with Crippen LogP contribution in [0, 0.1) is 0 Å². The van der Waals surface area contributed by atoms with Gasteiger partial charge in [0.2, 0.25) is 5.71 Å². The van der Waals surface area contributed by atoms with Gasteiger partial charge in [-0.05, 0) is 74.6 Å². The first-order valence-electron chi connectivity index (χ1n) is 12.9. The molecule has 1 fully saturated rings. The van der Waals surface area contributed by atoms with E-state index in [2.05, 4.69) is 15.3 Å². The van der Waals surface area contributed by atoms with E-state index >= 15 is 0 Å². The van der Waals surface area contributed by atoms with E-state index in [0.29, 0.717) is 18.0 Å². The van der Waals surface area contributed by atoms with Crippen molar-refractivity contribution in [1.82, 2.24) is 14.9 Å². The zero-order chi connectivity index (χ0) is 26.6. The van der Waals surface area contributed by atoms with Gasteiger partial charge in [0, 0.05) is 29.8 Å². The Kier molecular flexibility index (Phi) is 7.35. The van der Waals surface area contributed by atoms with Crippen LogP contribution >= 0.6 is 0 Å². The van der Waals surface area contributed by atoms with Crippen molar-refractivity contribution in [2.24, 2.45) is 5.73 Å². The van der Waals surface area contributed by atoms with E-state index in [9.17, 15) is 4.79 Å². The van der Waals surface area contributed by atoms with Gasteiger partial charge in [0.05, 0.1) is 19.6 Å². The second-order valence-electron chi connectivity index (χ2n) is 9.44. The zero-order valence-corrected chi connectivity index (χ0v) is 21.9. The number of anilines is 1. The molecule has 0 spiro atoms. The molecule has 198 valence electrons. The van der Waals surface area contributed by atoms with Crippen LogP contribution < -0.4 is 20.5 Å². The number of furan rings is 1. The number of rotatable bonds is 8. The largest absolute Gasteiger partial charge is 0.497 e. The third-order valence-corrected chi connectivity index (χ3v) is 7.32. The summed E-state index contributed by atoms with van der Waals surface area (Å²) in [6.45, 7) is 2.59. The van der Waals surface area contributed by atoms with Crippen LogP contribution in [0.25, 0.3) is 33.6 Å². The van der Waals surface area contributed by atoms with Gasteiger partial charge in [0.25, 0.3) is 0 Å². The van der Waals surface area contributed by atoms with Crippen molar-refractivity contribution in [3.8, 4) is 33.9 Å². The molecule has 9 nitrogen and oxygen atoms in total. The van der Waals surface area contributed by atoms with Crippen LogP contribution in [-0.4, -0.2) is 53.7 Å². The molecule has 9 heteroatoms. The quantitative estimate of drug-likeness (QED) is 0.309. The van der Waals surface area contributed by atoms with Gasteiger partial charge in [0.15, 0.2) is 0 Å². The first-order valence-corrected chi connectivity index (χ1v) is 12.9. The molecule has 3 N–H and O–H groups in total. The van der Waals surface area contributed by atoms with Crippen LogP contribution in [0.15, 0.2) is 59.3 Å². The number of amides is 2. The van der Waals surface area contributed by atoms with Gasteiger partial charge in [0.1, 0.15) is 29.4 Å². The lowest BCUT2D eigenvalue weighted by molar-refractivity contribution is 0.165. The lowest BCUT2D eigenvalue weighted by Gasteiger charge is -2.35. The fourth-order valence-corrected chi connectivity index (χ4v) is 5.34. The molecular weight excluding hydrogens is 482 g/mol. The Morgan fingerprint density at radius 1 is 0.974 bits per heavy atom. The van der Waals surface area contributed by atoms with Crippen molar-refractivity contribution >= 4 is 22.9 Å². The summed E-state index contributed by atoms with van der Waals surface area (Å²) in [6.07, 6.45) is 5.11. The molecule has 1 aliphatic carbocycles. The Labute approximate surface area is 222 Å². The van der Waals surface area contributed by atoms with E-state index < -0.39 is 0 Å². The molecular formula is C29H33N5O4. The number of hydrogen-bond donors (Lipinski definition) is 2. The third-order valence-electron chi connectivity index (χ3n) is 7.32. The van der Waals surface area contributed by atoms with Crippen molar-refractivity contribution in [2.75, 3.05) is 26.1 Å². The van der Waals surface area contributed by atoms with Crippen molar-refractivity contribution in [3.05, 3.63) is 54.9 Å². The molecule has 0 unspecified atom stereocenters. The predicted octanol–water partition coefficient (Wildman–Crippen LogP) is 5.70. The van der Waals surface area contributed by atoms with Crippen LogP contribution in [0.1, 0.15) is 32.6 Å². The van der Waals surface area contributed by atoms with E-state index in [1.165, 1.54) is 6.33 Å². The molecule has 0 aliphatic heterocycles. The Bertz CT molecular complexity index is 1390. The number of nitrogens with two attached hydrogens (primary N) is 1. The maximum absolute atomic E-state index is 11.8. The number of urea groups is 1. The summed E-state index contributed by atoms with van der Waals surface area (Å²) in [5.41, 5.74) is 8.89. The zero-order valence-electron chi connectivity index (χ0n) is 21.9. The van der Waals surface area contributed by atoms with Gasteiger partial charge in [-0.2, -0.15) is 0 Å². The first kappa shape index (κ1) is 25.4. The number of aromatic nitrogens is 2. The van der Waals surface area contributed by atoms with Crippen LogP contribution in [0.4, 0.5) is 10.6 Å². The summed E-state index contributed by atoms with van der Waals surface area (Å²) >= 11 is 0. The van der Waals surface area contributed by atoms with Gasteiger partial charge in [-0.15, -0.1) is 0 Å². The second-order valence-corrected chi connectivity index (χ2v) is 9.44. The summed E-state index contributed by atoms with van der Waals surface area (Å²) in [6, 6.07) is 15.7. The highest BCUT2D eigenvalue weighted by Gasteiger charge is 2.29. The normalized spacial score (nSPS) is 17.2. The van der Waals surface area contributed by atoms with Crippen molar-refractivity contribution in [3.63, 3.8) is 0 Å². The summed E-state index contributed by atoms with van der Waals surface area (Å²) in [5, 5.41) is 4.49. The predicted molar refractivity (Wildman–Crippen MR) is 147 cm³/mol. The SMILES string of the molecule is CCN(C(N)=O)C1CCC(Nc2ncnc3oc(-c4ccc(OC)cc4)c(-c4ccc(OC)cc4)c23)CC1. The monoisotopic (exact) mass is 515 g/mol. The minimum atomic E-state index is -0.352. The number of ether oxygens (including phenoxy) is 2. The minimum absolute atomic E-state index is 0.173. The molecule has 2 aromatic carbocycles. The summed E-state index contributed by atoms with van der Waals surface area (Å²) in [7, 11) is 3.30. The van der Waals surface area contributed by atoms with E-state index in [0.717, 1.165) is 65.1 Å². The van der Waals surface area contributed by atoms with Crippen molar-refractivity contribution in [2.45, 2.75) is 44.7 Å². The Morgan fingerprint density at radius 3 is 2.13 bits per heavy atom. The van der Waals surface area contributed by atoms with E-state index in [-0.39, 0.29) is 18.1 Å². The van der Waals surface area contributed by atoms with Crippen LogP contribution in [-0.2, 0) is 0 Å². The Hall–Kier alpha value is -4.27. The van der Waals surface area contributed by atoms with Gasteiger partial charge < -0.3 is 29.8 Å². The number of nitrogens with zero attached hydrogens (tertiary/aromatic N) is 3. The molecule has 0 saturated heterocycles. The highest BCUT2D eigenvalue weighted by atomic mass is 16.5. The number of fused-ring (bicyclic) bond motifs is 1. The van der Waals surface area contributed by atoms with E-state index in [1.807, 2.05) is 55.5 Å². The molecule has 2 aromatic heterocycles. The molecule has 2 amide bonds. The van der Waals surface area contributed by atoms with Crippen molar-refractivity contribution < 1.29 is 18.7 Å². The van der Waals surface area contributed by atoms with E-state index in [1.54, 1.807) is 19.1 Å². The van der Waals surface area contributed by atoms with Crippen LogP contribution in [0.3, 0.4) is 0 Å². The molecule has 1 aliphatic rings. The topological polar surface area (TPSA) is 116 Å². The molecule has 4 aromatic rings. The minimum Gasteiger partial charge on any atom is -0.497 e. The van der Waals surface area contributed by atoms with Gasteiger partial charge >= 0.3 is 6.03 Å². The lowest BCUT2D eigenvalue weighted by atomic mass is 9.90. The lowest BCUT2D eigenvalue weighted by Crippen LogP contribution is -2.46. The average molecular weight is 516 g/mol. The van der Waals surface area contributed by atoms with Gasteiger partial charge in [-0.25, -0.2) is 14.8 Å². The number of hydrogen-bond acceptors (Lipinski definition) is 7. The standard InChI is InChI=1S/C29H33N5O4/c1-4-34(29(30)35)21-11-9-20(10-12-21)33-27-25-24(18-5-13-22(36-2)14-6-18)26(38-28(25)32-17-31-27)19-7-15-23(37-3)16-8-19/h5-8,13-17,20-21H,4,9-12H2,1-3H3,(H2,30,35)(H,31,32,33). The summed E-state index contributed by atoms with van der Waals surface area (Å²) < 4.78 is 17.1. The second kappa shape index (κ2) is 11.0. The number of methoxy groups -OCH3 is 2. The fraction of sp³-hybridized carbons (Fsp3) is 0.345. The first-order chi connectivity index (χ1) is 18.5. The average Bonchev–Trinajstić information content (AvgIpc) is 3.35. The maximum atomic E-state index is 11.8. The highest BCUT2D eigenvalue weighted by Crippen LogP contribution is 2.43. The maximum Gasteiger partial charge on any atom is 0.315 e. The molecule has 0 atom stereocenters. The molecule has 0 bridgehead atoms. The third kappa shape index (κ3) is 4.96. The molecule has 2 heterocycles. The molecule has 38 heavy (non-hydrogen) atoms. The number of nitrogens with one attached hydrogen (secondary N) is 1. The molecule has 0 radical (unpaired) electrons. The fourth-order valence-electron chi connectivity index (χ4n) is 5.34. The van der Waals surface area contributed by atoms with Crippen molar-refractivity contribution in [1.29, 1.82) is 0 Å². The van der Waals surface area contributed by atoms with E-state index in [4.69, 9.17) is 19.6 Å². The molecule has 1 saturated carbocycles. The van der Waals surface area contributed by atoms with Crippen LogP contribution in [0.5, 0.6) is 11.5 Å².